The van der Waals surface area contributed by atoms with Gasteiger partial charge in [-0.25, -0.2) is 0 Å². The van der Waals surface area contributed by atoms with Crippen molar-refractivity contribution in [1.82, 2.24) is 16.2 Å². The monoisotopic (exact) mass is 281 g/mol. The van der Waals surface area contributed by atoms with Crippen LogP contribution in [0.1, 0.15) is 18.1 Å². The fraction of sp³-hybridized carbons (Fsp3) is 0.385. The number of ether oxygens (including phenoxy) is 1. The standard InChI is InChI=1S/C13H19N3O2S/c1-8-5-6-11(9(2)7-8)18-10(3)12(17)15-16-13(19)14-4/h5-7,10H,1-4H3,(H,15,17)(H2,14,16,19). The van der Waals surface area contributed by atoms with Crippen molar-refractivity contribution in [3.63, 3.8) is 0 Å². The van der Waals surface area contributed by atoms with Crippen molar-refractivity contribution in [2.45, 2.75) is 26.9 Å². The Kier molecular flexibility index (Phi) is 5.57. The molecule has 1 aromatic carbocycles. The lowest BCUT2D eigenvalue weighted by molar-refractivity contribution is -0.127. The van der Waals surface area contributed by atoms with Crippen molar-refractivity contribution in [3.8, 4) is 5.75 Å². The maximum Gasteiger partial charge on any atom is 0.279 e. The summed E-state index contributed by atoms with van der Waals surface area (Å²) in [5.74, 6) is 0.405. The van der Waals surface area contributed by atoms with Crippen LogP contribution in [-0.2, 0) is 4.79 Å². The highest BCUT2D eigenvalue weighted by Gasteiger charge is 2.15. The molecule has 1 aromatic rings. The van der Waals surface area contributed by atoms with Gasteiger partial charge in [-0.05, 0) is 44.6 Å². The van der Waals surface area contributed by atoms with Crippen LogP contribution in [0.3, 0.4) is 0 Å². The zero-order chi connectivity index (χ0) is 14.4. The van der Waals surface area contributed by atoms with Gasteiger partial charge in [-0.2, -0.15) is 0 Å². The highest BCUT2D eigenvalue weighted by atomic mass is 32.1. The van der Waals surface area contributed by atoms with Crippen LogP contribution in [-0.4, -0.2) is 24.2 Å². The molecule has 1 unspecified atom stereocenters. The molecule has 3 N–H and O–H groups in total. The normalized spacial score (nSPS) is 11.4. The molecule has 5 nitrogen and oxygen atoms in total. The lowest BCUT2D eigenvalue weighted by Gasteiger charge is -2.17. The number of aryl methyl sites for hydroxylation is 2. The predicted octanol–water partition coefficient (Wildman–Crippen LogP) is 1.20. The van der Waals surface area contributed by atoms with Gasteiger partial charge in [0.2, 0.25) is 0 Å². The second kappa shape index (κ2) is 6.94. The number of hydrazine groups is 1. The van der Waals surface area contributed by atoms with E-state index in [2.05, 4.69) is 16.2 Å². The maximum atomic E-state index is 11.8. The van der Waals surface area contributed by atoms with Crippen LogP contribution < -0.4 is 20.9 Å². The smallest absolute Gasteiger partial charge is 0.279 e. The third-order valence-electron chi connectivity index (χ3n) is 2.53. The topological polar surface area (TPSA) is 62.4 Å². The summed E-state index contributed by atoms with van der Waals surface area (Å²) >= 11 is 4.85. The zero-order valence-electron chi connectivity index (χ0n) is 11.5. The van der Waals surface area contributed by atoms with Gasteiger partial charge in [0.15, 0.2) is 11.2 Å². The first-order chi connectivity index (χ1) is 8.93. The summed E-state index contributed by atoms with van der Waals surface area (Å²) in [5, 5.41) is 3.03. The highest BCUT2D eigenvalue weighted by molar-refractivity contribution is 7.80. The van der Waals surface area contributed by atoms with Crippen LogP contribution >= 0.6 is 12.2 Å². The number of amides is 1. The van der Waals surface area contributed by atoms with Gasteiger partial charge in [-0.3, -0.25) is 15.6 Å². The minimum Gasteiger partial charge on any atom is -0.481 e. The van der Waals surface area contributed by atoms with Crippen molar-refractivity contribution >= 4 is 23.2 Å². The third kappa shape index (κ3) is 4.75. The largest absolute Gasteiger partial charge is 0.481 e. The Morgan fingerprint density at radius 2 is 2.00 bits per heavy atom. The summed E-state index contributed by atoms with van der Waals surface area (Å²) in [6.07, 6.45) is -0.617. The Balaban J connectivity index is 2.56. The van der Waals surface area contributed by atoms with E-state index in [0.29, 0.717) is 10.9 Å². The van der Waals surface area contributed by atoms with E-state index in [1.165, 1.54) is 0 Å². The summed E-state index contributed by atoms with van der Waals surface area (Å²) in [5.41, 5.74) is 7.18. The number of rotatable bonds is 3. The molecular formula is C13H19N3O2S. The summed E-state index contributed by atoms with van der Waals surface area (Å²) < 4.78 is 5.61. The second-order valence-corrected chi connectivity index (χ2v) is 4.63. The lowest BCUT2D eigenvalue weighted by Crippen LogP contribution is -2.49. The molecule has 0 fully saturated rings. The molecule has 0 aliphatic heterocycles. The second-order valence-electron chi connectivity index (χ2n) is 4.22. The molecule has 1 atom stereocenters. The maximum absolute atomic E-state index is 11.8. The van der Waals surface area contributed by atoms with Gasteiger partial charge >= 0.3 is 0 Å². The summed E-state index contributed by atoms with van der Waals surface area (Å²) in [6.45, 7) is 5.63. The van der Waals surface area contributed by atoms with Crippen LogP contribution in [0, 0.1) is 13.8 Å². The van der Waals surface area contributed by atoms with E-state index in [-0.39, 0.29) is 5.91 Å². The van der Waals surface area contributed by atoms with Gasteiger partial charge in [0.1, 0.15) is 5.75 Å². The summed E-state index contributed by atoms with van der Waals surface area (Å²) in [4.78, 5) is 11.8. The van der Waals surface area contributed by atoms with Crippen molar-refractivity contribution < 1.29 is 9.53 Å². The van der Waals surface area contributed by atoms with E-state index >= 15 is 0 Å². The van der Waals surface area contributed by atoms with E-state index in [4.69, 9.17) is 17.0 Å². The van der Waals surface area contributed by atoms with Crippen molar-refractivity contribution in [2.24, 2.45) is 0 Å². The van der Waals surface area contributed by atoms with Crippen molar-refractivity contribution in [3.05, 3.63) is 29.3 Å². The molecule has 6 heteroatoms. The molecule has 0 radical (unpaired) electrons. The number of nitrogens with one attached hydrogen (secondary N) is 3. The van der Waals surface area contributed by atoms with Crippen LogP contribution in [0.25, 0.3) is 0 Å². The lowest BCUT2D eigenvalue weighted by atomic mass is 10.1. The minimum absolute atomic E-state index is 0.294. The molecule has 104 valence electrons. The number of carbonyl (C=O) groups excluding carboxylic acids is 1. The Morgan fingerprint density at radius 1 is 1.32 bits per heavy atom. The number of benzene rings is 1. The van der Waals surface area contributed by atoms with E-state index in [0.717, 1.165) is 11.1 Å². The zero-order valence-corrected chi connectivity index (χ0v) is 12.4. The fourth-order valence-corrected chi connectivity index (χ4v) is 1.51. The molecule has 1 amide bonds. The molecule has 0 aliphatic carbocycles. The summed E-state index contributed by atoms with van der Waals surface area (Å²) in [6, 6.07) is 5.82. The van der Waals surface area contributed by atoms with Crippen LogP contribution in [0.15, 0.2) is 18.2 Å². The molecule has 19 heavy (non-hydrogen) atoms. The van der Waals surface area contributed by atoms with Gasteiger partial charge in [0.25, 0.3) is 5.91 Å². The number of hydrogen-bond donors (Lipinski definition) is 3. The quantitative estimate of drug-likeness (QED) is 0.574. The molecule has 0 saturated heterocycles. The Labute approximate surface area is 118 Å². The molecule has 0 bridgehead atoms. The predicted molar refractivity (Wildman–Crippen MR) is 78.9 cm³/mol. The van der Waals surface area contributed by atoms with E-state index in [1.807, 2.05) is 32.0 Å². The number of hydrogen-bond acceptors (Lipinski definition) is 3. The number of carbonyl (C=O) groups is 1. The molecule has 0 heterocycles. The van der Waals surface area contributed by atoms with Crippen molar-refractivity contribution in [2.75, 3.05) is 7.05 Å². The first-order valence-electron chi connectivity index (χ1n) is 5.95. The average Bonchev–Trinajstić information content (AvgIpc) is 2.38. The SMILES string of the molecule is CNC(=S)NNC(=O)C(C)Oc1ccc(C)cc1C. The van der Waals surface area contributed by atoms with E-state index < -0.39 is 6.10 Å². The molecule has 0 aliphatic rings. The van der Waals surface area contributed by atoms with Crippen LogP contribution in [0.2, 0.25) is 0 Å². The molecular weight excluding hydrogens is 262 g/mol. The Morgan fingerprint density at radius 3 is 2.58 bits per heavy atom. The van der Waals surface area contributed by atoms with Gasteiger partial charge in [-0.15, -0.1) is 0 Å². The molecule has 0 spiro atoms. The molecule has 0 saturated carbocycles. The average molecular weight is 281 g/mol. The Hall–Kier alpha value is -1.82. The van der Waals surface area contributed by atoms with Crippen LogP contribution in [0.5, 0.6) is 5.75 Å². The van der Waals surface area contributed by atoms with E-state index in [1.54, 1.807) is 14.0 Å². The molecule has 1 rings (SSSR count). The molecule has 0 aromatic heterocycles. The third-order valence-corrected chi connectivity index (χ3v) is 2.84. The number of thiocarbonyl (C=S) groups is 1. The van der Waals surface area contributed by atoms with Gasteiger partial charge in [0.05, 0.1) is 0 Å². The first-order valence-corrected chi connectivity index (χ1v) is 6.36. The Bertz CT molecular complexity index is 477. The highest BCUT2D eigenvalue weighted by Crippen LogP contribution is 2.19. The van der Waals surface area contributed by atoms with Gasteiger partial charge < -0.3 is 10.1 Å². The summed E-state index contributed by atoms with van der Waals surface area (Å²) in [7, 11) is 1.66. The minimum atomic E-state index is -0.617. The van der Waals surface area contributed by atoms with Crippen LogP contribution in [0.4, 0.5) is 0 Å². The van der Waals surface area contributed by atoms with Crippen molar-refractivity contribution in [1.29, 1.82) is 0 Å². The first kappa shape index (κ1) is 15.2. The van der Waals surface area contributed by atoms with Gasteiger partial charge in [-0.1, -0.05) is 17.7 Å². The van der Waals surface area contributed by atoms with Gasteiger partial charge in [0, 0.05) is 7.05 Å². The van der Waals surface area contributed by atoms with E-state index in [9.17, 15) is 4.79 Å². The fourth-order valence-electron chi connectivity index (χ4n) is 1.46.